The number of carboxylic acids is 1. The lowest BCUT2D eigenvalue weighted by Crippen LogP contribution is -2.22. The van der Waals surface area contributed by atoms with Gasteiger partial charge in [-0.05, 0) is 66.2 Å². The van der Waals surface area contributed by atoms with Crippen LogP contribution < -0.4 is 5.32 Å². The normalized spacial score (nSPS) is 21.8. The van der Waals surface area contributed by atoms with E-state index in [-0.39, 0.29) is 17.7 Å². The lowest BCUT2D eigenvalue weighted by atomic mass is 10.0. The second kappa shape index (κ2) is 5.95. The van der Waals surface area contributed by atoms with Crippen molar-refractivity contribution in [3.63, 3.8) is 0 Å². The van der Waals surface area contributed by atoms with Crippen LogP contribution in [0.4, 0.5) is 5.69 Å². The first kappa shape index (κ1) is 15.0. The fraction of sp³-hybridized carbons (Fsp3) is 0.467. The number of hydrogen-bond acceptors (Lipinski definition) is 2. The molecule has 2 rings (SSSR count). The Kier molecular flexibility index (Phi) is 4.48. The van der Waals surface area contributed by atoms with Crippen molar-refractivity contribution >= 4 is 33.5 Å². The van der Waals surface area contributed by atoms with E-state index in [1.165, 1.54) is 0 Å². The molecular weight excluding hydrogens is 322 g/mol. The first-order valence-electron chi connectivity index (χ1n) is 6.69. The van der Waals surface area contributed by atoms with Crippen LogP contribution in [0.25, 0.3) is 0 Å². The minimum atomic E-state index is -0.798. The van der Waals surface area contributed by atoms with E-state index in [4.69, 9.17) is 5.11 Å². The van der Waals surface area contributed by atoms with Gasteiger partial charge in [-0.1, -0.05) is 6.07 Å². The second-order valence-corrected chi connectivity index (χ2v) is 6.33. The molecule has 4 nitrogen and oxygen atoms in total. The number of carboxylic acid groups (broad SMARTS) is 1. The van der Waals surface area contributed by atoms with Crippen LogP contribution in [-0.4, -0.2) is 17.0 Å². The van der Waals surface area contributed by atoms with E-state index in [1.807, 2.05) is 26.0 Å². The van der Waals surface area contributed by atoms with E-state index >= 15 is 0 Å². The molecule has 0 bridgehead atoms. The van der Waals surface area contributed by atoms with E-state index in [1.54, 1.807) is 0 Å². The van der Waals surface area contributed by atoms with Crippen LogP contribution in [0.3, 0.4) is 0 Å². The molecule has 1 fully saturated rings. The van der Waals surface area contributed by atoms with Gasteiger partial charge in [0.1, 0.15) is 0 Å². The molecule has 1 aromatic carbocycles. The Morgan fingerprint density at radius 3 is 2.45 bits per heavy atom. The Balaban J connectivity index is 2.08. The highest BCUT2D eigenvalue weighted by atomic mass is 79.9. The van der Waals surface area contributed by atoms with Crippen LogP contribution in [0, 0.1) is 25.7 Å². The van der Waals surface area contributed by atoms with Gasteiger partial charge in [-0.25, -0.2) is 0 Å². The third kappa shape index (κ3) is 3.20. The van der Waals surface area contributed by atoms with Gasteiger partial charge in [0.15, 0.2) is 0 Å². The van der Waals surface area contributed by atoms with Crippen LogP contribution in [0.2, 0.25) is 0 Å². The molecule has 2 N–H and O–H groups in total. The lowest BCUT2D eigenvalue weighted by Gasteiger charge is -2.15. The van der Waals surface area contributed by atoms with E-state index in [2.05, 4.69) is 21.2 Å². The minimum absolute atomic E-state index is 0.0820. The summed E-state index contributed by atoms with van der Waals surface area (Å²) in [6.07, 6.45) is 1.66. The highest BCUT2D eigenvalue weighted by Crippen LogP contribution is 2.34. The van der Waals surface area contributed by atoms with Crippen LogP contribution in [0.1, 0.15) is 30.4 Å². The Bertz CT molecular complexity index is 533. The number of anilines is 1. The zero-order chi connectivity index (χ0) is 14.9. The smallest absolute Gasteiger partial charge is 0.306 e. The molecule has 0 aromatic heterocycles. The number of benzene rings is 1. The summed E-state index contributed by atoms with van der Waals surface area (Å²) in [4.78, 5) is 23.2. The standard InChI is InChI=1S/C15H18BrNO3/c1-8-5-9(2)13(12(16)6-8)17-14(18)10-3-4-11(7-10)15(19)20/h5-6,10-11H,3-4,7H2,1-2H3,(H,17,18)(H,19,20). The van der Waals surface area contributed by atoms with E-state index in [0.717, 1.165) is 21.3 Å². The van der Waals surface area contributed by atoms with Crippen molar-refractivity contribution in [3.8, 4) is 0 Å². The van der Waals surface area contributed by atoms with Crippen molar-refractivity contribution in [1.29, 1.82) is 0 Å². The van der Waals surface area contributed by atoms with Gasteiger partial charge in [0.25, 0.3) is 0 Å². The molecule has 0 heterocycles. The maximum absolute atomic E-state index is 12.2. The summed E-state index contributed by atoms with van der Waals surface area (Å²) in [6, 6.07) is 3.96. The Labute approximate surface area is 126 Å². The van der Waals surface area contributed by atoms with Crippen molar-refractivity contribution in [2.75, 3.05) is 5.32 Å². The van der Waals surface area contributed by atoms with Crippen molar-refractivity contribution in [2.45, 2.75) is 33.1 Å². The SMILES string of the molecule is Cc1cc(C)c(NC(=O)C2CCC(C(=O)O)C2)c(Br)c1. The van der Waals surface area contributed by atoms with Gasteiger partial charge < -0.3 is 10.4 Å². The summed E-state index contributed by atoms with van der Waals surface area (Å²) >= 11 is 3.46. The van der Waals surface area contributed by atoms with Gasteiger partial charge in [-0.3, -0.25) is 9.59 Å². The third-order valence-corrected chi connectivity index (χ3v) is 4.46. The fourth-order valence-corrected chi connectivity index (χ4v) is 3.52. The third-order valence-electron chi connectivity index (χ3n) is 3.83. The van der Waals surface area contributed by atoms with Crippen molar-refractivity contribution in [1.82, 2.24) is 0 Å². The number of aliphatic carboxylic acids is 1. The Morgan fingerprint density at radius 1 is 1.25 bits per heavy atom. The molecule has 2 unspecified atom stereocenters. The molecule has 1 aliphatic rings. The monoisotopic (exact) mass is 339 g/mol. The van der Waals surface area contributed by atoms with Gasteiger partial charge in [0.05, 0.1) is 11.6 Å². The minimum Gasteiger partial charge on any atom is -0.481 e. The predicted octanol–water partition coefficient (Wildman–Crippen LogP) is 3.51. The van der Waals surface area contributed by atoms with E-state index < -0.39 is 5.97 Å². The molecule has 0 radical (unpaired) electrons. The molecule has 1 aliphatic carbocycles. The van der Waals surface area contributed by atoms with Crippen LogP contribution >= 0.6 is 15.9 Å². The highest BCUT2D eigenvalue weighted by Gasteiger charge is 2.34. The van der Waals surface area contributed by atoms with Gasteiger partial charge in [-0.2, -0.15) is 0 Å². The quantitative estimate of drug-likeness (QED) is 0.885. The molecular formula is C15H18BrNO3. The Hall–Kier alpha value is -1.36. The summed E-state index contributed by atoms with van der Waals surface area (Å²) in [5, 5.41) is 11.9. The zero-order valence-electron chi connectivity index (χ0n) is 11.6. The highest BCUT2D eigenvalue weighted by molar-refractivity contribution is 9.10. The van der Waals surface area contributed by atoms with Gasteiger partial charge >= 0.3 is 5.97 Å². The first-order valence-corrected chi connectivity index (χ1v) is 7.48. The topological polar surface area (TPSA) is 66.4 Å². The summed E-state index contributed by atoms with van der Waals surface area (Å²) in [7, 11) is 0. The second-order valence-electron chi connectivity index (χ2n) is 5.47. The van der Waals surface area contributed by atoms with Crippen molar-refractivity contribution in [3.05, 3.63) is 27.7 Å². The zero-order valence-corrected chi connectivity index (χ0v) is 13.2. The molecule has 5 heteroatoms. The molecule has 2 atom stereocenters. The van der Waals surface area contributed by atoms with Crippen molar-refractivity contribution < 1.29 is 14.7 Å². The predicted molar refractivity (Wildman–Crippen MR) is 80.7 cm³/mol. The lowest BCUT2D eigenvalue weighted by molar-refractivity contribution is -0.141. The maximum Gasteiger partial charge on any atom is 0.306 e. The molecule has 0 spiro atoms. The summed E-state index contributed by atoms with van der Waals surface area (Å²) in [5.41, 5.74) is 2.90. The number of halogens is 1. The van der Waals surface area contributed by atoms with Crippen molar-refractivity contribution in [2.24, 2.45) is 11.8 Å². The average Bonchev–Trinajstić information content (AvgIpc) is 2.83. The number of hydrogen-bond donors (Lipinski definition) is 2. The molecule has 20 heavy (non-hydrogen) atoms. The van der Waals surface area contributed by atoms with Gasteiger partial charge in [-0.15, -0.1) is 0 Å². The first-order chi connectivity index (χ1) is 9.38. The van der Waals surface area contributed by atoms with Gasteiger partial charge in [0.2, 0.25) is 5.91 Å². The number of rotatable bonds is 3. The van der Waals surface area contributed by atoms with Crippen LogP contribution in [0.5, 0.6) is 0 Å². The number of carbonyl (C=O) groups excluding carboxylic acids is 1. The maximum atomic E-state index is 12.2. The van der Waals surface area contributed by atoms with E-state index in [9.17, 15) is 9.59 Å². The molecule has 108 valence electrons. The number of aryl methyl sites for hydroxylation is 2. The van der Waals surface area contributed by atoms with Crippen LogP contribution in [0.15, 0.2) is 16.6 Å². The largest absolute Gasteiger partial charge is 0.481 e. The molecule has 1 aromatic rings. The van der Waals surface area contributed by atoms with Crippen LogP contribution in [-0.2, 0) is 9.59 Å². The molecule has 0 aliphatic heterocycles. The molecule has 0 saturated heterocycles. The molecule has 1 amide bonds. The summed E-state index contributed by atoms with van der Waals surface area (Å²) < 4.78 is 0.858. The fourth-order valence-electron chi connectivity index (χ4n) is 2.74. The van der Waals surface area contributed by atoms with E-state index in [0.29, 0.717) is 19.3 Å². The summed E-state index contributed by atoms with van der Waals surface area (Å²) in [6.45, 7) is 3.94. The number of nitrogens with one attached hydrogen (secondary N) is 1. The Morgan fingerprint density at radius 2 is 1.90 bits per heavy atom. The average molecular weight is 340 g/mol. The number of carbonyl (C=O) groups is 2. The van der Waals surface area contributed by atoms with Gasteiger partial charge in [0, 0.05) is 10.4 Å². The molecule has 1 saturated carbocycles. The number of amides is 1. The summed E-state index contributed by atoms with van der Waals surface area (Å²) in [5.74, 6) is -1.47.